The highest BCUT2D eigenvalue weighted by molar-refractivity contribution is 5.99. The van der Waals surface area contributed by atoms with Crippen molar-refractivity contribution < 1.29 is 4.79 Å². The topological polar surface area (TPSA) is 46.3 Å². The van der Waals surface area contributed by atoms with E-state index in [9.17, 15) is 4.79 Å². The van der Waals surface area contributed by atoms with Gasteiger partial charge in [-0.15, -0.1) is 0 Å². The van der Waals surface area contributed by atoms with Crippen LogP contribution in [0.1, 0.15) is 17.9 Å². The van der Waals surface area contributed by atoms with Crippen molar-refractivity contribution in [1.29, 1.82) is 0 Å². The summed E-state index contributed by atoms with van der Waals surface area (Å²) in [5.74, 6) is 0.918. The molecule has 1 amide bonds. The Balaban J connectivity index is 2.14. The van der Waals surface area contributed by atoms with Gasteiger partial charge in [-0.2, -0.15) is 0 Å². The lowest BCUT2D eigenvalue weighted by Gasteiger charge is -2.20. The van der Waals surface area contributed by atoms with Crippen molar-refractivity contribution in [3.05, 3.63) is 29.8 Å². The second kappa shape index (κ2) is 2.83. The summed E-state index contributed by atoms with van der Waals surface area (Å²) in [5.41, 5.74) is 8.26. The Morgan fingerprint density at radius 1 is 1.40 bits per heavy atom. The van der Waals surface area contributed by atoms with Gasteiger partial charge in [0.2, 0.25) is 5.91 Å². The fraction of sp³-hybridized carbons (Fsp3) is 0.417. The number of benzene rings is 1. The van der Waals surface area contributed by atoms with Gasteiger partial charge in [0.25, 0.3) is 0 Å². The fourth-order valence-electron chi connectivity index (χ4n) is 2.60. The van der Waals surface area contributed by atoms with Gasteiger partial charge in [0.1, 0.15) is 0 Å². The van der Waals surface area contributed by atoms with Crippen LogP contribution in [0, 0.1) is 5.92 Å². The first-order chi connectivity index (χ1) is 7.20. The summed E-state index contributed by atoms with van der Waals surface area (Å²) in [6.07, 6.45) is 1.07. The molecule has 1 unspecified atom stereocenters. The third kappa shape index (κ3) is 1.13. The number of hydrogen-bond donors (Lipinski definition) is 1. The molecule has 0 saturated heterocycles. The average molecular weight is 202 g/mol. The largest absolute Gasteiger partial charge is 0.320 e. The van der Waals surface area contributed by atoms with E-state index in [0.717, 1.165) is 12.1 Å². The smallest absolute Gasteiger partial charge is 0.243 e. The van der Waals surface area contributed by atoms with Crippen molar-refractivity contribution in [2.24, 2.45) is 11.7 Å². The van der Waals surface area contributed by atoms with E-state index in [-0.39, 0.29) is 11.9 Å². The Kier molecular flexibility index (Phi) is 1.68. The zero-order valence-electron chi connectivity index (χ0n) is 8.68. The van der Waals surface area contributed by atoms with E-state index >= 15 is 0 Å². The maximum Gasteiger partial charge on any atom is 0.243 e. The summed E-state index contributed by atoms with van der Waals surface area (Å²) in [7, 11) is 1.81. The number of nitrogens with zero attached hydrogens (tertiary/aromatic N) is 1. The zero-order valence-corrected chi connectivity index (χ0v) is 8.68. The fourth-order valence-corrected chi connectivity index (χ4v) is 2.60. The molecule has 0 bridgehead atoms. The van der Waals surface area contributed by atoms with E-state index < -0.39 is 0 Å². The Hall–Kier alpha value is -1.35. The number of likely N-dealkylation sites (N-methyl/N-ethyl adjacent to an activating group) is 1. The Morgan fingerprint density at radius 2 is 2.13 bits per heavy atom. The molecular formula is C12H14N2O. The number of carbonyl (C=O) groups is 1. The van der Waals surface area contributed by atoms with Crippen molar-refractivity contribution in [3.8, 4) is 0 Å². The highest BCUT2D eigenvalue weighted by Crippen LogP contribution is 2.53. The summed E-state index contributed by atoms with van der Waals surface area (Å²) in [6, 6.07) is 7.80. The first-order valence-corrected chi connectivity index (χ1v) is 5.32. The predicted octanol–water partition coefficient (Wildman–Crippen LogP) is 1.09. The SMILES string of the molecule is CN1C(=O)[C@H](N)C2C[C@H]2c2ccccc21. The van der Waals surface area contributed by atoms with Crippen LogP contribution >= 0.6 is 0 Å². The summed E-state index contributed by atoms with van der Waals surface area (Å²) < 4.78 is 0. The van der Waals surface area contributed by atoms with Gasteiger partial charge >= 0.3 is 0 Å². The lowest BCUT2D eigenvalue weighted by molar-refractivity contribution is -0.119. The van der Waals surface area contributed by atoms with Gasteiger partial charge in [0.05, 0.1) is 6.04 Å². The number of nitrogens with two attached hydrogens (primary N) is 1. The highest BCUT2D eigenvalue weighted by Gasteiger charge is 2.49. The van der Waals surface area contributed by atoms with Crippen LogP contribution in [0.2, 0.25) is 0 Å². The van der Waals surface area contributed by atoms with Crippen LogP contribution in [0.25, 0.3) is 0 Å². The van der Waals surface area contributed by atoms with E-state index in [2.05, 4.69) is 6.07 Å². The van der Waals surface area contributed by atoms with Crippen LogP contribution in [0.3, 0.4) is 0 Å². The van der Waals surface area contributed by atoms with Gasteiger partial charge in [-0.25, -0.2) is 0 Å². The van der Waals surface area contributed by atoms with Gasteiger partial charge in [0, 0.05) is 12.7 Å². The molecule has 1 saturated carbocycles. The molecule has 0 aromatic heterocycles. The van der Waals surface area contributed by atoms with Crippen molar-refractivity contribution in [2.45, 2.75) is 18.4 Å². The average Bonchev–Trinajstić information content (AvgIpc) is 3.05. The Labute approximate surface area is 88.9 Å². The van der Waals surface area contributed by atoms with Gasteiger partial charge in [-0.3, -0.25) is 4.79 Å². The molecular weight excluding hydrogens is 188 g/mol. The van der Waals surface area contributed by atoms with Gasteiger partial charge in [-0.05, 0) is 29.9 Å². The molecule has 2 N–H and O–H groups in total. The molecule has 3 atom stereocenters. The minimum atomic E-state index is -0.313. The number of amides is 1. The minimum Gasteiger partial charge on any atom is -0.320 e. The molecule has 3 nitrogen and oxygen atoms in total. The Morgan fingerprint density at radius 3 is 2.93 bits per heavy atom. The van der Waals surface area contributed by atoms with Crippen molar-refractivity contribution in [3.63, 3.8) is 0 Å². The monoisotopic (exact) mass is 202 g/mol. The van der Waals surface area contributed by atoms with Crippen molar-refractivity contribution >= 4 is 11.6 Å². The number of hydrogen-bond acceptors (Lipinski definition) is 2. The van der Waals surface area contributed by atoms with Crippen molar-refractivity contribution in [1.82, 2.24) is 0 Å². The van der Waals surface area contributed by atoms with E-state index in [1.54, 1.807) is 4.90 Å². The van der Waals surface area contributed by atoms with Crippen LogP contribution in [0.15, 0.2) is 24.3 Å². The molecule has 1 aromatic rings. The van der Waals surface area contributed by atoms with Crippen LogP contribution < -0.4 is 10.6 Å². The molecule has 15 heavy (non-hydrogen) atoms. The van der Waals surface area contributed by atoms with Gasteiger partial charge in [-0.1, -0.05) is 18.2 Å². The van der Waals surface area contributed by atoms with E-state index in [4.69, 9.17) is 5.73 Å². The third-order valence-corrected chi connectivity index (χ3v) is 3.61. The van der Waals surface area contributed by atoms with E-state index in [0.29, 0.717) is 11.8 Å². The summed E-state index contributed by atoms with van der Waals surface area (Å²) in [4.78, 5) is 13.6. The number of fused-ring (bicyclic) bond motifs is 3. The molecule has 1 aliphatic heterocycles. The number of rotatable bonds is 0. The summed E-state index contributed by atoms with van der Waals surface area (Å²) >= 11 is 0. The maximum atomic E-state index is 11.9. The second-order valence-corrected chi connectivity index (χ2v) is 4.49. The third-order valence-electron chi connectivity index (χ3n) is 3.61. The molecule has 1 heterocycles. The molecule has 78 valence electrons. The quantitative estimate of drug-likeness (QED) is 0.684. The van der Waals surface area contributed by atoms with Gasteiger partial charge < -0.3 is 10.6 Å². The van der Waals surface area contributed by atoms with Crippen LogP contribution in [-0.4, -0.2) is 19.0 Å². The molecule has 1 fully saturated rings. The lowest BCUT2D eigenvalue weighted by atomic mass is 10.1. The first-order valence-electron chi connectivity index (χ1n) is 5.32. The lowest BCUT2D eigenvalue weighted by Crippen LogP contribution is -2.42. The number of anilines is 1. The second-order valence-electron chi connectivity index (χ2n) is 4.49. The normalized spacial score (nSPS) is 33.1. The number of carbonyl (C=O) groups excluding carboxylic acids is 1. The molecule has 1 aromatic carbocycles. The maximum absolute atomic E-state index is 11.9. The molecule has 3 rings (SSSR count). The standard InChI is InChI=1S/C12H14N2O/c1-14-10-5-3-2-4-7(10)8-6-9(8)11(13)12(14)15/h2-5,8-9,11H,6,13H2,1H3/t8-,9?,11+/m0/s1. The van der Waals surface area contributed by atoms with Gasteiger partial charge in [0.15, 0.2) is 0 Å². The number of para-hydroxylation sites is 1. The predicted molar refractivity (Wildman–Crippen MR) is 58.7 cm³/mol. The van der Waals surface area contributed by atoms with Crippen LogP contribution in [-0.2, 0) is 4.79 Å². The molecule has 1 aliphatic carbocycles. The summed E-state index contributed by atoms with van der Waals surface area (Å²) in [5, 5.41) is 0. The Bertz CT molecular complexity index is 429. The highest BCUT2D eigenvalue weighted by atomic mass is 16.2. The minimum absolute atomic E-state index is 0.0486. The molecule has 0 radical (unpaired) electrons. The van der Waals surface area contributed by atoms with Crippen LogP contribution in [0.4, 0.5) is 5.69 Å². The zero-order chi connectivity index (χ0) is 10.6. The molecule has 0 spiro atoms. The summed E-state index contributed by atoms with van der Waals surface area (Å²) in [6.45, 7) is 0. The van der Waals surface area contributed by atoms with Crippen LogP contribution in [0.5, 0.6) is 0 Å². The first kappa shape index (κ1) is 8.92. The van der Waals surface area contributed by atoms with E-state index in [1.807, 2.05) is 25.2 Å². The molecule has 2 aliphatic rings. The van der Waals surface area contributed by atoms with E-state index in [1.165, 1.54) is 5.56 Å². The molecule has 3 heteroatoms. The van der Waals surface area contributed by atoms with Crippen molar-refractivity contribution in [2.75, 3.05) is 11.9 Å².